The summed E-state index contributed by atoms with van der Waals surface area (Å²) in [5.41, 5.74) is 2.15. The number of methoxy groups -OCH3 is 2. The van der Waals surface area contributed by atoms with Crippen molar-refractivity contribution in [2.75, 3.05) is 24.9 Å². The first-order valence-electron chi connectivity index (χ1n) is 9.16. The van der Waals surface area contributed by atoms with Gasteiger partial charge in [0.05, 0.1) is 20.6 Å². The van der Waals surface area contributed by atoms with Crippen LogP contribution < -0.4 is 20.1 Å². The Morgan fingerprint density at radius 2 is 1.47 bits per heavy atom. The number of carbonyl (C=O) groups excluding carboxylic acids is 2. The number of nitrogens with one attached hydrogen (secondary N) is 2. The molecule has 0 unspecified atom stereocenters. The third kappa shape index (κ3) is 5.35. The molecule has 0 bridgehead atoms. The topological polar surface area (TPSA) is 76.7 Å². The maximum Gasteiger partial charge on any atom is 0.255 e. The van der Waals surface area contributed by atoms with E-state index in [0.717, 1.165) is 0 Å². The minimum atomic E-state index is -0.518. The Labute approximate surface area is 173 Å². The van der Waals surface area contributed by atoms with Crippen molar-refractivity contribution >= 4 is 23.2 Å². The lowest BCUT2D eigenvalue weighted by Gasteiger charge is -2.09. The SMILES string of the molecule is COc1ccc(NC(=O)c2ccc(NC(=O)Cc3ccc(OC)c(F)c3)cc2)cc1. The molecule has 0 aliphatic heterocycles. The third-order valence-corrected chi connectivity index (χ3v) is 4.36. The molecule has 0 atom stereocenters. The van der Waals surface area contributed by atoms with Gasteiger partial charge in [-0.3, -0.25) is 9.59 Å². The molecule has 30 heavy (non-hydrogen) atoms. The fourth-order valence-corrected chi connectivity index (χ4v) is 2.79. The molecule has 0 aromatic heterocycles. The van der Waals surface area contributed by atoms with E-state index in [1.54, 1.807) is 61.7 Å². The number of hydrogen-bond donors (Lipinski definition) is 2. The molecule has 0 heterocycles. The second-order valence-corrected chi connectivity index (χ2v) is 6.45. The van der Waals surface area contributed by atoms with Crippen molar-refractivity contribution in [1.29, 1.82) is 0 Å². The summed E-state index contributed by atoms with van der Waals surface area (Å²) in [4.78, 5) is 24.6. The van der Waals surface area contributed by atoms with Gasteiger partial charge in [-0.25, -0.2) is 4.39 Å². The maximum absolute atomic E-state index is 13.7. The summed E-state index contributed by atoms with van der Waals surface area (Å²) in [6.07, 6.45) is 0.0145. The van der Waals surface area contributed by atoms with E-state index in [1.165, 1.54) is 19.2 Å². The number of anilines is 2. The Kier molecular flexibility index (Phi) is 6.64. The lowest BCUT2D eigenvalue weighted by molar-refractivity contribution is -0.115. The van der Waals surface area contributed by atoms with Crippen LogP contribution in [0, 0.1) is 5.82 Å². The Bertz CT molecular complexity index is 1030. The summed E-state index contributed by atoms with van der Waals surface area (Å²) in [5.74, 6) is -0.259. The average Bonchev–Trinajstić information content (AvgIpc) is 2.75. The van der Waals surface area contributed by atoms with Crippen molar-refractivity contribution in [3.8, 4) is 11.5 Å². The second-order valence-electron chi connectivity index (χ2n) is 6.45. The van der Waals surface area contributed by atoms with Crippen molar-refractivity contribution in [2.45, 2.75) is 6.42 Å². The van der Waals surface area contributed by atoms with Gasteiger partial charge in [-0.05, 0) is 66.2 Å². The van der Waals surface area contributed by atoms with Gasteiger partial charge in [0.1, 0.15) is 5.75 Å². The van der Waals surface area contributed by atoms with Crippen LogP contribution in [0.4, 0.5) is 15.8 Å². The van der Waals surface area contributed by atoms with Crippen LogP contribution in [0.15, 0.2) is 66.7 Å². The molecule has 0 saturated carbocycles. The lowest BCUT2D eigenvalue weighted by Crippen LogP contribution is -2.15. The predicted molar refractivity (Wildman–Crippen MR) is 113 cm³/mol. The second kappa shape index (κ2) is 9.56. The number of halogens is 1. The van der Waals surface area contributed by atoms with Crippen molar-refractivity contribution < 1.29 is 23.5 Å². The first-order valence-corrected chi connectivity index (χ1v) is 9.16. The minimum absolute atomic E-state index is 0.0145. The Balaban J connectivity index is 1.57. The molecule has 0 fully saturated rings. The number of carbonyl (C=O) groups is 2. The van der Waals surface area contributed by atoms with Crippen molar-refractivity contribution in [3.05, 3.63) is 83.7 Å². The quantitative estimate of drug-likeness (QED) is 0.612. The summed E-state index contributed by atoms with van der Waals surface area (Å²) in [5, 5.41) is 5.52. The van der Waals surface area contributed by atoms with Crippen LogP contribution >= 0.6 is 0 Å². The van der Waals surface area contributed by atoms with Gasteiger partial charge >= 0.3 is 0 Å². The molecule has 0 saturated heterocycles. The molecular formula is C23H21FN2O4. The highest BCUT2D eigenvalue weighted by molar-refractivity contribution is 6.04. The van der Waals surface area contributed by atoms with Gasteiger partial charge in [0, 0.05) is 16.9 Å². The van der Waals surface area contributed by atoms with E-state index in [9.17, 15) is 14.0 Å². The number of ether oxygens (including phenoxy) is 2. The Hall–Kier alpha value is -3.87. The van der Waals surface area contributed by atoms with Crippen LogP contribution in [0.2, 0.25) is 0 Å². The van der Waals surface area contributed by atoms with Gasteiger partial charge < -0.3 is 20.1 Å². The maximum atomic E-state index is 13.7. The number of rotatable bonds is 7. The molecule has 0 spiro atoms. The highest BCUT2D eigenvalue weighted by atomic mass is 19.1. The molecule has 0 radical (unpaired) electrons. The molecule has 3 rings (SSSR count). The van der Waals surface area contributed by atoms with E-state index in [0.29, 0.717) is 28.3 Å². The van der Waals surface area contributed by atoms with E-state index in [1.807, 2.05) is 0 Å². The number of benzene rings is 3. The summed E-state index contributed by atoms with van der Waals surface area (Å²) < 4.78 is 23.7. The summed E-state index contributed by atoms with van der Waals surface area (Å²) >= 11 is 0. The van der Waals surface area contributed by atoms with Crippen LogP contribution in [0.25, 0.3) is 0 Å². The molecular weight excluding hydrogens is 387 g/mol. The summed E-state index contributed by atoms with van der Waals surface area (Å²) in [7, 11) is 2.95. The Morgan fingerprint density at radius 3 is 2.07 bits per heavy atom. The molecule has 3 aromatic rings. The van der Waals surface area contributed by atoms with Crippen LogP contribution in [0.1, 0.15) is 15.9 Å². The van der Waals surface area contributed by atoms with Gasteiger partial charge in [0.25, 0.3) is 5.91 Å². The van der Waals surface area contributed by atoms with Gasteiger partial charge in [-0.15, -0.1) is 0 Å². The number of hydrogen-bond acceptors (Lipinski definition) is 4. The summed E-state index contributed by atoms with van der Waals surface area (Å²) in [6.45, 7) is 0. The molecule has 7 heteroatoms. The standard InChI is InChI=1S/C23H21FN2O4/c1-29-19-10-8-18(9-11-19)26-23(28)16-4-6-17(7-5-16)25-22(27)14-15-3-12-21(30-2)20(24)13-15/h3-13H,14H2,1-2H3,(H,25,27)(H,26,28). The predicted octanol–water partition coefficient (Wildman–Crippen LogP) is 4.28. The Morgan fingerprint density at radius 1 is 0.833 bits per heavy atom. The van der Waals surface area contributed by atoms with E-state index >= 15 is 0 Å². The van der Waals surface area contributed by atoms with Gasteiger partial charge in [0.2, 0.25) is 5.91 Å². The largest absolute Gasteiger partial charge is 0.497 e. The summed E-state index contributed by atoms with van der Waals surface area (Å²) in [6, 6.07) is 17.9. The van der Waals surface area contributed by atoms with Crippen LogP contribution in [-0.2, 0) is 11.2 Å². The molecule has 3 aromatic carbocycles. The van der Waals surface area contributed by atoms with E-state index < -0.39 is 5.82 Å². The number of amides is 2. The van der Waals surface area contributed by atoms with Gasteiger partial charge in [0.15, 0.2) is 11.6 Å². The fourth-order valence-electron chi connectivity index (χ4n) is 2.79. The van der Waals surface area contributed by atoms with Crippen molar-refractivity contribution in [1.82, 2.24) is 0 Å². The van der Waals surface area contributed by atoms with Crippen LogP contribution in [0.3, 0.4) is 0 Å². The van der Waals surface area contributed by atoms with E-state index in [2.05, 4.69) is 10.6 Å². The van der Waals surface area contributed by atoms with Gasteiger partial charge in [-0.1, -0.05) is 6.07 Å². The zero-order valence-electron chi connectivity index (χ0n) is 16.6. The smallest absolute Gasteiger partial charge is 0.255 e. The first kappa shape index (κ1) is 20.9. The van der Waals surface area contributed by atoms with Gasteiger partial charge in [-0.2, -0.15) is 0 Å². The molecule has 2 amide bonds. The average molecular weight is 408 g/mol. The van der Waals surface area contributed by atoms with Crippen LogP contribution in [-0.4, -0.2) is 26.0 Å². The highest BCUT2D eigenvalue weighted by Gasteiger charge is 2.10. The monoisotopic (exact) mass is 408 g/mol. The first-order chi connectivity index (χ1) is 14.5. The lowest BCUT2D eigenvalue weighted by atomic mass is 10.1. The third-order valence-electron chi connectivity index (χ3n) is 4.36. The minimum Gasteiger partial charge on any atom is -0.497 e. The highest BCUT2D eigenvalue weighted by Crippen LogP contribution is 2.19. The molecule has 154 valence electrons. The van der Waals surface area contributed by atoms with E-state index in [-0.39, 0.29) is 24.0 Å². The molecule has 0 aliphatic carbocycles. The van der Waals surface area contributed by atoms with Crippen LogP contribution in [0.5, 0.6) is 11.5 Å². The molecule has 6 nitrogen and oxygen atoms in total. The van der Waals surface area contributed by atoms with Crippen molar-refractivity contribution in [2.24, 2.45) is 0 Å². The molecule has 2 N–H and O–H groups in total. The zero-order valence-corrected chi connectivity index (χ0v) is 16.6. The molecule has 0 aliphatic rings. The fraction of sp³-hybridized carbons (Fsp3) is 0.130. The zero-order chi connectivity index (χ0) is 21.5. The van der Waals surface area contributed by atoms with E-state index in [4.69, 9.17) is 9.47 Å². The normalized spacial score (nSPS) is 10.2. The van der Waals surface area contributed by atoms with Crippen molar-refractivity contribution in [3.63, 3.8) is 0 Å².